The van der Waals surface area contributed by atoms with Crippen LogP contribution in [0.25, 0.3) is 0 Å². The van der Waals surface area contributed by atoms with E-state index in [9.17, 15) is 14.4 Å². The zero-order chi connectivity index (χ0) is 12.5. The molecule has 5 heteroatoms. The molecule has 0 spiro atoms. The Morgan fingerprint density at radius 3 is 2.19 bits per heavy atom. The zero-order valence-electron chi connectivity index (χ0n) is 9.84. The predicted molar refractivity (Wildman–Crippen MR) is 56.3 cm³/mol. The number of nitrogens with one attached hydrogen (secondary N) is 1. The molecule has 0 aliphatic carbocycles. The summed E-state index contributed by atoms with van der Waals surface area (Å²) in [6, 6.07) is 0. The number of imide groups is 1. The SMILES string of the molecule is CC1=C(CC(=O)OC(C)(C)C)C(=O)NC1=O. The average Bonchev–Trinajstić information content (AvgIpc) is 2.29. The molecule has 1 aliphatic rings. The van der Waals surface area contributed by atoms with Crippen molar-refractivity contribution in [1.29, 1.82) is 0 Å². The van der Waals surface area contributed by atoms with Crippen LogP contribution in [0.2, 0.25) is 0 Å². The maximum absolute atomic E-state index is 11.5. The fourth-order valence-electron chi connectivity index (χ4n) is 1.31. The molecule has 5 nitrogen and oxygen atoms in total. The van der Waals surface area contributed by atoms with Crippen LogP contribution in [0, 0.1) is 0 Å². The number of esters is 1. The highest BCUT2D eigenvalue weighted by molar-refractivity contribution is 6.20. The van der Waals surface area contributed by atoms with Crippen LogP contribution in [0.5, 0.6) is 0 Å². The Kier molecular flexibility index (Phi) is 3.16. The van der Waals surface area contributed by atoms with Gasteiger partial charge in [-0.25, -0.2) is 0 Å². The molecule has 0 radical (unpaired) electrons. The van der Waals surface area contributed by atoms with Crippen molar-refractivity contribution in [3.63, 3.8) is 0 Å². The molecule has 0 unspecified atom stereocenters. The van der Waals surface area contributed by atoms with Gasteiger partial charge in [-0.05, 0) is 27.7 Å². The second kappa shape index (κ2) is 4.08. The van der Waals surface area contributed by atoms with E-state index in [1.807, 2.05) is 0 Å². The van der Waals surface area contributed by atoms with Crippen molar-refractivity contribution in [3.8, 4) is 0 Å². The first kappa shape index (κ1) is 12.4. The van der Waals surface area contributed by atoms with Crippen molar-refractivity contribution < 1.29 is 19.1 Å². The lowest BCUT2D eigenvalue weighted by Gasteiger charge is -2.19. The van der Waals surface area contributed by atoms with Crippen LogP contribution in [0.1, 0.15) is 34.1 Å². The maximum Gasteiger partial charge on any atom is 0.311 e. The zero-order valence-corrected chi connectivity index (χ0v) is 9.84. The average molecular weight is 225 g/mol. The Balaban J connectivity index is 2.72. The first-order chi connectivity index (χ1) is 7.20. The Morgan fingerprint density at radius 1 is 1.25 bits per heavy atom. The molecule has 0 fully saturated rings. The summed E-state index contributed by atoms with van der Waals surface area (Å²) >= 11 is 0. The van der Waals surface area contributed by atoms with Crippen molar-refractivity contribution in [2.24, 2.45) is 0 Å². The highest BCUT2D eigenvalue weighted by Crippen LogP contribution is 2.18. The maximum atomic E-state index is 11.5. The quantitative estimate of drug-likeness (QED) is 0.554. The summed E-state index contributed by atoms with van der Waals surface area (Å²) in [5.74, 6) is -1.45. The van der Waals surface area contributed by atoms with E-state index in [-0.39, 0.29) is 17.6 Å². The van der Waals surface area contributed by atoms with Gasteiger partial charge in [0.1, 0.15) is 5.60 Å². The van der Waals surface area contributed by atoms with Crippen molar-refractivity contribution >= 4 is 17.8 Å². The van der Waals surface area contributed by atoms with E-state index in [1.165, 1.54) is 6.92 Å². The van der Waals surface area contributed by atoms with Gasteiger partial charge < -0.3 is 4.74 Å². The summed E-state index contributed by atoms with van der Waals surface area (Å²) in [5, 5.41) is 2.13. The minimum absolute atomic E-state index is 0.166. The molecule has 0 aromatic heterocycles. The Bertz CT molecular complexity index is 387. The molecule has 0 aromatic rings. The second-order valence-corrected chi connectivity index (χ2v) is 4.65. The normalized spacial score (nSPS) is 16.5. The molecule has 0 bridgehead atoms. The molecule has 0 aromatic carbocycles. The summed E-state index contributed by atoms with van der Waals surface area (Å²) in [7, 11) is 0. The lowest BCUT2D eigenvalue weighted by molar-refractivity contribution is -0.154. The highest BCUT2D eigenvalue weighted by Gasteiger charge is 2.29. The number of carbonyl (C=O) groups is 3. The van der Waals surface area contributed by atoms with Crippen LogP contribution >= 0.6 is 0 Å². The van der Waals surface area contributed by atoms with Crippen molar-refractivity contribution in [1.82, 2.24) is 5.32 Å². The summed E-state index contributed by atoms with van der Waals surface area (Å²) in [4.78, 5) is 33.9. The number of ether oxygens (including phenoxy) is 1. The van der Waals surface area contributed by atoms with E-state index in [2.05, 4.69) is 5.32 Å². The Morgan fingerprint density at radius 2 is 1.81 bits per heavy atom. The third-order valence-electron chi connectivity index (χ3n) is 2.04. The predicted octanol–water partition coefficient (Wildman–Crippen LogP) is 0.691. The van der Waals surface area contributed by atoms with Gasteiger partial charge in [-0.15, -0.1) is 0 Å². The summed E-state index contributed by atoms with van der Waals surface area (Å²) in [6.45, 7) is 6.74. The molecule has 0 atom stereocenters. The van der Waals surface area contributed by atoms with Crippen LogP contribution in [-0.2, 0) is 19.1 Å². The summed E-state index contributed by atoms with van der Waals surface area (Å²) < 4.78 is 5.07. The van der Waals surface area contributed by atoms with Crippen LogP contribution < -0.4 is 5.32 Å². The summed E-state index contributed by atoms with van der Waals surface area (Å²) in [6.07, 6.45) is -0.166. The third kappa shape index (κ3) is 2.92. The minimum atomic E-state index is -0.593. The van der Waals surface area contributed by atoms with Crippen molar-refractivity contribution in [3.05, 3.63) is 11.1 Å². The van der Waals surface area contributed by atoms with Crippen molar-refractivity contribution in [2.75, 3.05) is 0 Å². The van der Waals surface area contributed by atoms with Gasteiger partial charge in [-0.3, -0.25) is 19.7 Å². The molecule has 0 saturated heterocycles. The number of amides is 2. The molecule has 1 N–H and O–H groups in total. The monoisotopic (exact) mass is 225 g/mol. The van der Waals surface area contributed by atoms with E-state index in [0.29, 0.717) is 0 Å². The van der Waals surface area contributed by atoms with Gasteiger partial charge in [-0.1, -0.05) is 0 Å². The van der Waals surface area contributed by atoms with Gasteiger partial charge in [0.2, 0.25) is 0 Å². The molecule has 88 valence electrons. The molecule has 16 heavy (non-hydrogen) atoms. The van der Waals surface area contributed by atoms with Gasteiger partial charge in [0.15, 0.2) is 0 Å². The van der Waals surface area contributed by atoms with Gasteiger partial charge in [0, 0.05) is 11.1 Å². The van der Waals surface area contributed by atoms with E-state index in [4.69, 9.17) is 4.74 Å². The first-order valence-corrected chi connectivity index (χ1v) is 4.98. The van der Waals surface area contributed by atoms with E-state index >= 15 is 0 Å². The molecular weight excluding hydrogens is 210 g/mol. The Hall–Kier alpha value is -1.65. The number of carbonyl (C=O) groups excluding carboxylic acids is 3. The largest absolute Gasteiger partial charge is 0.460 e. The van der Waals surface area contributed by atoms with Crippen molar-refractivity contribution in [2.45, 2.75) is 39.7 Å². The van der Waals surface area contributed by atoms with Crippen LogP contribution in [0.3, 0.4) is 0 Å². The van der Waals surface area contributed by atoms with Crippen LogP contribution in [-0.4, -0.2) is 23.4 Å². The first-order valence-electron chi connectivity index (χ1n) is 4.98. The van der Waals surface area contributed by atoms with Gasteiger partial charge in [0.25, 0.3) is 11.8 Å². The number of hydrogen-bond donors (Lipinski definition) is 1. The fourth-order valence-corrected chi connectivity index (χ4v) is 1.31. The smallest absolute Gasteiger partial charge is 0.311 e. The van der Waals surface area contributed by atoms with Gasteiger partial charge in [0.05, 0.1) is 6.42 Å². The van der Waals surface area contributed by atoms with Gasteiger partial charge in [-0.2, -0.15) is 0 Å². The van der Waals surface area contributed by atoms with E-state index < -0.39 is 23.4 Å². The lowest BCUT2D eigenvalue weighted by Crippen LogP contribution is -2.26. The number of hydrogen-bond acceptors (Lipinski definition) is 4. The molecule has 0 saturated carbocycles. The fraction of sp³-hybridized carbons (Fsp3) is 0.545. The summed E-state index contributed by atoms with van der Waals surface area (Å²) in [5.41, 5.74) is -0.111. The standard InChI is InChI=1S/C11H15NO4/c1-6-7(10(15)12-9(6)14)5-8(13)16-11(2,3)4/h5H2,1-4H3,(H,12,14,15). The Labute approximate surface area is 93.8 Å². The lowest BCUT2D eigenvalue weighted by atomic mass is 10.1. The topological polar surface area (TPSA) is 72.5 Å². The molecule has 1 heterocycles. The number of rotatable bonds is 2. The van der Waals surface area contributed by atoms with Crippen LogP contribution in [0.15, 0.2) is 11.1 Å². The second-order valence-electron chi connectivity index (χ2n) is 4.65. The minimum Gasteiger partial charge on any atom is -0.460 e. The molecular formula is C11H15NO4. The highest BCUT2D eigenvalue weighted by atomic mass is 16.6. The molecule has 1 rings (SSSR count). The molecule has 1 aliphatic heterocycles. The van der Waals surface area contributed by atoms with Gasteiger partial charge >= 0.3 is 5.97 Å². The van der Waals surface area contributed by atoms with E-state index in [1.54, 1.807) is 20.8 Å². The molecule has 2 amide bonds. The third-order valence-corrected chi connectivity index (χ3v) is 2.04. The van der Waals surface area contributed by atoms with Crippen LogP contribution in [0.4, 0.5) is 0 Å². The van der Waals surface area contributed by atoms with E-state index in [0.717, 1.165) is 0 Å².